The highest BCUT2D eigenvalue weighted by Crippen LogP contribution is 2.26. The van der Waals surface area contributed by atoms with Gasteiger partial charge in [-0.05, 0) is 18.9 Å². The minimum absolute atomic E-state index is 0.0887. The van der Waals surface area contributed by atoms with E-state index in [1.54, 1.807) is 0 Å². The third-order valence-electron chi connectivity index (χ3n) is 3.39. The molecule has 0 radical (unpaired) electrons. The summed E-state index contributed by atoms with van der Waals surface area (Å²) in [6.45, 7) is 5.69. The van der Waals surface area contributed by atoms with Crippen molar-refractivity contribution in [3.63, 3.8) is 0 Å². The molecule has 0 spiro atoms. The molecule has 2 heterocycles. The van der Waals surface area contributed by atoms with Gasteiger partial charge < -0.3 is 15.4 Å². The Morgan fingerprint density at radius 3 is 2.88 bits per heavy atom. The van der Waals surface area contributed by atoms with Crippen molar-refractivity contribution in [2.75, 3.05) is 13.2 Å². The van der Waals surface area contributed by atoms with Crippen LogP contribution in [0.25, 0.3) is 0 Å². The number of hydrogen-bond acceptors (Lipinski definition) is 4. The number of aliphatic hydroxyl groups is 1. The molecule has 1 aliphatic heterocycles. The standard InChI is InChI=1S/C11H20N4O/c1-11(2,7-16)10-14-13-9-5-8(6-12)3-4-15(9)10/h8,16H,3-7,12H2,1-2H3. The molecule has 2 rings (SSSR count). The van der Waals surface area contributed by atoms with Crippen molar-refractivity contribution in [2.24, 2.45) is 11.7 Å². The molecular weight excluding hydrogens is 204 g/mol. The lowest BCUT2D eigenvalue weighted by Crippen LogP contribution is -2.31. The summed E-state index contributed by atoms with van der Waals surface area (Å²) in [5.41, 5.74) is 5.36. The predicted octanol–water partition coefficient (Wildman–Crippen LogP) is 0.0691. The van der Waals surface area contributed by atoms with Gasteiger partial charge in [0, 0.05) is 18.4 Å². The van der Waals surface area contributed by atoms with Crippen molar-refractivity contribution in [3.05, 3.63) is 11.6 Å². The fourth-order valence-corrected chi connectivity index (χ4v) is 2.17. The Labute approximate surface area is 95.7 Å². The minimum Gasteiger partial charge on any atom is -0.395 e. The lowest BCUT2D eigenvalue weighted by Gasteiger charge is -2.26. The summed E-state index contributed by atoms with van der Waals surface area (Å²) in [5, 5.41) is 17.8. The number of rotatable bonds is 3. The molecule has 1 aromatic rings. The minimum atomic E-state index is -0.319. The predicted molar refractivity (Wildman–Crippen MR) is 61.0 cm³/mol. The van der Waals surface area contributed by atoms with Crippen LogP contribution in [0.5, 0.6) is 0 Å². The summed E-state index contributed by atoms with van der Waals surface area (Å²) in [5.74, 6) is 2.43. The van der Waals surface area contributed by atoms with Crippen molar-refractivity contribution >= 4 is 0 Å². The second-order valence-electron chi connectivity index (χ2n) is 5.23. The van der Waals surface area contributed by atoms with Gasteiger partial charge in [-0.25, -0.2) is 0 Å². The summed E-state index contributed by atoms with van der Waals surface area (Å²) in [7, 11) is 0. The molecule has 0 saturated carbocycles. The van der Waals surface area contributed by atoms with Crippen molar-refractivity contribution in [3.8, 4) is 0 Å². The first-order valence-corrected chi connectivity index (χ1v) is 5.82. The third-order valence-corrected chi connectivity index (χ3v) is 3.39. The van der Waals surface area contributed by atoms with Gasteiger partial charge in [0.1, 0.15) is 11.6 Å². The van der Waals surface area contributed by atoms with Crippen molar-refractivity contribution < 1.29 is 5.11 Å². The Kier molecular flexibility index (Phi) is 2.99. The Morgan fingerprint density at radius 1 is 1.50 bits per heavy atom. The van der Waals surface area contributed by atoms with E-state index in [9.17, 15) is 5.11 Å². The number of nitrogens with zero attached hydrogens (tertiary/aromatic N) is 3. The fourth-order valence-electron chi connectivity index (χ4n) is 2.17. The highest BCUT2D eigenvalue weighted by molar-refractivity contribution is 5.10. The highest BCUT2D eigenvalue weighted by Gasteiger charge is 2.30. The third kappa shape index (κ3) is 1.85. The summed E-state index contributed by atoms with van der Waals surface area (Å²) in [4.78, 5) is 0. The Bertz CT molecular complexity index is 372. The summed E-state index contributed by atoms with van der Waals surface area (Å²) in [6.07, 6.45) is 1.99. The topological polar surface area (TPSA) is 77.0 Å². The first kappa shape index (κ1) is 11.5. The van der Waals surface area contributed by atoms with Crippen LogP contribution in [0.15, 0.2) is 0 Å². The van der Waals surface area contributed by atoms with Gasteiger partial charge in [-0.1, -0.05) is 13.8 Å². The molecule has 1 unspecified atom stereocenters. The van der Waals surface area contributed by atoms with E-state index in [2.05, 4.69) is 14.8 Å². The molecule has 16 heavy (non-hydrogen) atoms. The van der Waals surface area contributed by atoms with Crippen LogP contribution in [0.2, 0.25) is 0 Å². The van der Waals surface area contributed by atoms with Gasteiger partial charge >= 0.3 is 0 Å². The number of hydrogen-bond donors (Lipinski definition) is 2. The molecule has 1 aromatic heterocycles. The van der Waals surface area contributed by atoms with E-state index in [0.29, 0.717) is 12.5 Å². The number of aromatic nitrogens is 3. The van der Waals surface area contributed by atoms with Gasteiger partial charge in [0.25, 0.3) is 0 Å². The largest absolute Gasteiger partial charge is 0.395 e. The molecule has 0 aliphatic carbocycles. The average molecular weight is 224 g/mol. The molecule has 5 nitrogen and oxygen atoms in total. The lowest BCUT2D eigenvalue weighted by molar-refractivity contribution is 0.205. The molecule has 3 N–H and O–H groups in total. The van der Waals surface area contributed by atoms with E-state index in [-0.39, 0.29) is 12.0 Å². The van der Waals surface area contributed by atoms with E-state index >= 15 is 0 Å². The van der Waals surface area contributed by atoms with Crippen molar-refractivity contribution in [2.45, 2.75) is 38.6 Å². The molecule has 1 atom stereocenters. The molecule has 1 aliphatic rings. The maximum absolute atomic E-state index is 9.36. The molecule has 0 amide bonds. The quantitative estimate of drug-likeness (QED) is 0.761. The first-order valence-electron chi connectivity index (χ1n) is 5.82. The zero-order valence-electron chi connectivity index (χ0n) is 9.98. The van der Waals surface area contributed by atoms with Gasteiger partial charge in [0.05, 0.1) is 6.61 Å². The average Bonchev–Trinajstić information content (AvgIpc) is 2.72. The lowest BCUT2D eigenvalue weighted by atomic mass is 9.92. The number of nitrogens with two attached hydrogens (primary N) is 1. The molecule has 0 fully saturated rings. The summed E-state index contributed by atoms with van der Waals surface area (Å²) < 4.78 is 2.14. The van der Waals surface area contributed by atoms with Gasteiger partial charge in [0.15, 0.2) is 0 Å². The van der Waals surface area contributed by atoms with E-state index in [1.807, 2.05) is 13.8 Å². The zero-order chi connectivity index (χ0) is 11.8. The molecule has 0 saturated heterocycles. The second-order valence-corrected chi connectivity index (χ2v) is 5.23. The van der Waals surface area contributed by atoms with Crippen molar-refractivity contribution in [1.29, 1.82) is 0 Å². The molecular formula is C11H20N4O. The Balaban J connectivity index is 2.29. The van der Waals surface area contributed by atoms with E-state index < -0.39 is 0 Å². The van der Waals surface area contributed by atoms with Crippen LogP contribution in [-0.4, -0.2) is 33.0 Å². The van der Waals surface area contributed by atoms with E-state index in [0.717, 1.165) is 31.0 Å². The number of aliphatic hydroxyl groups excluding tert-OH is 1. The highest BCUT2D eigenvalue weighted by atomic mass is 16.3. The Hall–Kier alpha value is -0.940. The maximum Gasteiger partial charge on any atom is 0.141 e. The first-order chi connectivity index (χ1) is 7.58. The fraction of sp³-hybridized carbons (Fsp3) is 0.818. The van der Waals surface area contributed by atoms with Crippen LogP contribution >= 0.6 is 0 Å². The zero-order valence-corrected chi connectivity index (χ0v) is 9.98. The van der Waals surface area contributed by atoms with Gasteiger partial charge in [-0.15, -0.1) is 10.2 Å². The monoisotopic (exact) mass is 224 g/mol. The second kappa shape index (κ2) is 4.14. The van der Waals surface area contributed by atoms with Crippen LogP contribution in [0.1, 0.15) is 31.9 Å². The maximum atomic E-state index is 9.36. The molecule has 5 heteroatoms. The van der Waals surface area contributed by atoms with Crippen LogP contribution in [0.3, 0.4) is 0 Å². The summed E-state index contributed by atoms with van der Waals surface area (Å²) >= 11 is 0. The summed E-state index contributed by atoms with van der Waals surface area (Å²) in [6, 6.07) is 0. The normalized spacial score (nSPS) is 20.9. The van der Waals surface area contributed by atoms with Gasteiger partial charge in [0.2, 0.25) is 0 Å². The molecule has 0 bridgehead atoms. The van der Waals surface area contributed by atoms with Gasteiger partial charge in [-0.3, -0.25) is 0 Å². The molecule has 0 aromatic carbocycles. The van der Waals surface area contributed by atoms with Crippen LogP contribution < -0.4 is 5.73 Å². The van der Waals surface area contributed by atoms with Crippen molar-refractivity contribution in [1.82, 2.24) is 14.8 Å². The Morgan fingerprint density at radius 2 is 2.25 bits per heavy atom. The van der Waals surface area contributed by atoms with Crippen LogP contribution in [0.4, 0.5) is 0 Å². The van der Waals surface area contributed by atoms with E-state index in [4.69, 9.17) is 5.73 Å². The van der Waals surface area contributed by atoms with Gasteiger partial charge in [-0.2, -0.15) is 0 Å². The number of fused-ring (bicyclic) bond motifs is 1. The molecule has 90 valence electrons. The van der Waals surface area contributed by atoms with Crippen LogP contribution in [-0.2, 0) is 18.4 Å². The van der Waals surface area contributed by atoms with Crippen LogP contribution in [0, 0.1) is 5.92 Å². The van der Waals surface area contributed by atoms with E-state index in [1.165, 1.54) is 0 Å². The SMILES string of the molecule is CC(C)(CO)c1nnc2n1CCC(CN)C2. The smallest absolute Gasteiger partial charge is 0.141 e.